The van der Waals surface area contributed by atoms with E-state index in [1.54, 1.807) is 12.1 Å². The van der Waals surface area contributed by atoms with Crippen LogP contribution in [0.2, 0.25) is 0 Å². The van der Waals surface area contributed by atoms with Crippen LogP contribution < -0.4 is 10.0 Å². The first-order valence-electron chi connectivity index (χ1n) is 6.77. The molecule has 0 spiro atoms. The van der Waals surface area contributed by atoms with Crippen molar-refractivity contribution >= 4 is 22.4 Å². The molecule has 1 aliphatic rings. The van der Waals surface area contributed by atoms with Crippen molar-refractivity contribution in [3.8, 4) is 0 Å². The fraction of sp³-hybridized carbons (Fsp3) is 0.571. The summed E-state index contributed by atoms with van der Waals surface area (Å²) in [6.45, 7) is 6.48. The van der Waals surface area contributed by atoms with Gasteiger partial charge in [-0.25, -0.2) is 13.1 Å². The van der Waals surface area contributed by atoms with Crippen LogP contribution in [0.15, 0.2) is 23.1 Å². The van der Waals surface area contributed by atoms with Crippen LogP contribution in [0.1, 0.15) is 24.0 Å². The Bertz CT molecular complexity index is 540. The van der Waals surface area contributed by atoms with Crippen molar-refractivity contribution in [1.82, 2.24) is 10.0 Å². The molecule has 1 aliphatic heterocycles. The van der Waals surface area contributed by atoms with Gasteiger partial charge in [0.15, 0.2) is 0 Å². The highest BCUT2D eigenvalue weighted by Gasteiger charge is 2.17. The molecule has 0 saturated carbocycles. The Kier molecular flexibility index (Phi) is 6.45. The zero-order valence-electron chi connectivity index (χ0n) is 12.0. The van der Waals surface area contributed by atoms with Gasteiger partial charge in [0, 0.05) is 6.54 Å². The summed E-state index contributed by atoms with van der Waals surface area (Å²) in [7, 11) is -3.36. The number of aryl methyl sites for hydroxylation is 2. The molecule has 4 nitrogen and oxygen atoms in total. The Morgan fingerprint density at radius 2 is 2.05 bits per heavy atom. The topological polar surface area (TPSA) is 58.2 Å². The zero-order chi connectivity index (χ0) is 13.9. The molecule has 0 aliphatic carbocycles. The summed E-state index contributed by atoms with van der Waals surface area (Å²) >= 11 is 0. The van der Waals surface area contributed by atoms with Gasteiger partial charge in [0.25, 0.3) is 0 Å². The second-order valence-corrected chi connectivity index (χ2v) is 7.06. The Balaban J connectivity index is 0.00000200. The van der Waals surface area contributed by atoms with Crippen molar-refractivity contribution in [2.45, 2.75) is 31.6 Å². The smallest absolute Gasteiger partial charge is 0.240 e. The normalized spacial score (nSPS) is 18.8. The van der Waals surface area contributed by atoms with Crippen molar-refractivity contribution in [3.05, 3.63) is 29.3 Å². The standard InChI is InChI=1S/C14H22N2O2S.ClH/c1-11-3-4-14(9-12(11)2)19(17,18)16-8-6-13-5-7-15-10-13;/h3-4,9,13,15-16H,5-8,10H2,1-2H3;1H. The van der Waals surface area contributed by atoms with Crippen molar-refractivity contribution < 1.29 is 8.42 Å². The maximum absolute atomic E-state index is 12.1. The molecule has 1 atom stereocenters. The van der Waals surface area contributed by atoms with Gasteiger partial charge in [0.1, 0.15) is 0 Å². The minimum Gasteiger partial charge on any atom is -0.316 e. The summed E-state index contributed by atoms with van der Waals surface area (Å²) in [6, 6.07) is 5.25. The van der Waals surface area contributed by atoms with E-state index in [1.807, 2.05) is 19.9 Å². The molecule has 0 amide bonds. The molecule has 2 N–H and O–H groups in total. The third-order valence-electron chi connectivity index (χ3n) is 3.80. The van der Waals surface area contributed by atoms with Crippen LogP contribution in [0.3, 0.4) is 0 Å². The van der Waals surface area contributed by atoms with E-state index in [0.717, 1.165) is 37.1 Å². The van der Waals surface area contributed by atoms with Crippen LogP contribution in [0.4, 0.5) is 0 Å². The van der Waals surface area contributed by atoms with Gasteiger partial charge in [-0.05, 0) is 69.0 Å². The van der Waals surface area contributed by atoms with Crippen LogP contribution in [-0.2, 0) is 10.0 Å². The molecule has 1 aromatic rings. The molecule has 1 unspecified atom stereocenters. The summed E-state index contributed by atoms with van der Waals surface area (Å²) < 4.78 is 27.0. The molecular weight excluding hydrogens is 296 g/mol. The van der Waals surface area contributed by atoms with Gasteiger partial charge in [0.05, 0.1) is 4.90 Å². The predicted octanol–water partition coefficient (Wildman–Crippen LogP) is 2.00. The summed E-state index contributed by atoms with van der Waals surface area (Å²) in [5.41, 5.74) is 2.11. The lowest BCUT2D eigenvalue weighted by molar-refractivity contribution is 0.519. The van der Waals surface area contributed by atoms with Crippen LogP contribution >= 0.6 is 12.4 Å². The van der Waals surface area contributed by atoms with Gasteiger partial charge >= 0.3 is 0 Å². The van der Waals surface area contributed by atoms with Crippen LogP contribution in [-0.4, -0.2) is 28.1 Å². The van der Waals surface area contributed by atoms with E-state index in [0.29, 0.717) is 17.4 Å². The number of hydrogen-bond acceptors (Lipinski definition) is 3. The van der Waals surface area contributed by atoms with Gasteiger partial charge in [-0.15, -0.1) is 12.4 Å². The Morgan fingerprint density at radius 1 is 1.30 bits per heavy atom. The lowest BCUT2D eigenvalue weighted by atomic mass is 10.1. The van der Waals surface area contributed by atoms with Crippen LogP contribution in [0, 0.1) is 19.8 Å². The number of nitrogens with one attached hydrogen (secondary N) is 2. The molecule has 1 fully saturated rings. The van der Waals surface area contributed by atoms with Crippen LogP contribution in [0.5, 0.6) is 0 Å². The summed E-state index contributed by atoms with van der Waals surface area (Å²) in [6.07, 6.45) is 2.04. The van der Waals surface area contributed by atoms with E-state index in [-0.39, 0.29) is 12.4 Å². The Hall–Kier alpha value is -0.620. The van der Waals surface area contributed by atoms with Gasteiger partial charge in [0.2, 0.25) is 10.0 Å². The highest BCUT2D eigenvalue weighted by molar-refractivity contribution is 7.89. The minimum atomic E-state index is -3.36. The Morgan fingerprint density at radius 3 is 2.65 bits per heavy atom. The summed E-state index contributed by atoms with van der Waals surface area (Å²) in [5, 5.41) is 3.29. The number of hydrogen-bond donors (Lipinski definition) is 2. The number of sulfonamides is 1. The average molecular weight is 319 g/mol. The molecule has 6 heteroatoms. The lowest BCUT2D eigenvalue weighted by Gasteiger charge is -2.11. The number of rotatable bonds is 5. The number of halogens is 1. The maximum atomic E-state index is 12.1. The molecule has 0 bridgehead atoms. The van der Waals surface area contributed by atoms with E-state index in [4.69, 9.17) is 0 Å². The van der Waals surface area contributed by atoms with Crippen molar-refractivity contribution in [2.75, 3.05) is 19.6 Å². The zero-order valence-corrected chi connectivity index (χ0v) is 13.6. The van der Waals surface area contributed by atoms with E-state index < -0.39 is 10.0 Å². The molecule has 2 rings (SSSR count). The summed E-state index contributed by atoms with van der Waals surface area (Å²) in [4.78, 5) is 0.361. The SMILES string of the molecule is Cc1ccc(S(=O)(=O)NCCC2CCNC2)cc1C.Cl. The van der Waals surface area contributed by atoms with Crippen LogP contribution in [0.25, 0.3) is 0 Å². The molecule has 1 heterocycles. The highest BCUT2D eigenvalue weighted by atomic mass is 35.5. The molecule has 20 heavy (non-hydrogen) atoms. The van der Waals surface area contributed by atoms with E-state index in [2.05, 4.69) is 10.0 Å². The largest absolute Gasteiger partial charge is 0.316 e. The average Bonchev–Trinajstić information content (AvgIpc) is 2.85. The quantitative estimate of drug-likeness (QED) is 0.873. The second-order valence-electron chi connectivity index (χ2n) is 5.29. The van der Waals surface area contributed by atoms with E-state index in [9.17, 15) is 8.42 Å². The van der Waals surface area contributed by atoms with E-state index in [1.165, 1.54) is 0 Å². The fourth-order valence-electron chi connectivity index (χ4n) is 2.32. The second kappa shape index (κ2) is 7.41. The lowest BCUT2D eigenvalue weighted by Crippen LogP contribution is -2.26. The Labute approximate surface area is 127 Å². The minimum absolute atomic E-state index is 0. The maximum Gasteiger partial charge on any atom is 0.240 e. The molecule has 1 saturated heterocycles. The predicted molar refractivity (Wildman–Crippen MR) is 83.9 cm³/mol. The summed E-state index contributed by atoms with van der Waals surface area (Å²) in [5.74, 6) is 0.599. The number of benzene rings is 1. The van der Waals surface area contributed by atoms with Gasteiger partial charge in [-0.1, -0.05) is 6.07 Å². The monoisotopic (exact) mass is 318 g/mol. The highest BCUT2D eigenvalue weighted by Crippen LogP contribution is 2.15. The van der Waals surface area contributed by atoms with Gasteiger partial charge in [-0.3, -0.25) is 0 Å². The van der Waals surface area contributed by atoms with Crippen molar-refractivity contribution in [1.29, 1.82) is 0 Å². The fourth-order valence-corrected chi connectivity index (χ4v) is 3.46. The molecule has 0 aromatic heterocycles. The van der Waals surface area contributed by atoms with Gasteiger partial charge in [-0.2, -0.15) is 0 Å². The molecule has 0 radical (unpaired) electrons. The van der Waals surface area contributed by atoms with Crippen molar-refractivity contribution in [3.63, 3.8) is 0 Å². The first-order chi connectivity index (χ1) is 8.99. The van der Waals surface area contributed by atoms with E-state index >= 15 is 0 Å². The van der Waals surface area contributed by atoms with Crippen molar-refractivity contribution in [2.24, 2.45) is 5.92 Å². The first-order valence-corrected chi connectivity index (χ1v) is 8.25. The van der Waals surface area contributed by atoms with Gasteiger partial charge < -0.3 is 5.32 Å². The molecule has 1 aromatic carbocycles. The molecular formula is C14H23ClN2O2S. The third kappa shape index (κ3) is 4.45. The molecule has 114 valence electrons. The first kappa shape index (κ1) is 17.4. The third-order valence-corrected chi connectivity index (χ3v) is 5.25.